The highest BCUT2D eigenvalue weighted by Crippen LogP contribution is 2.30. The second kappa shape index (κ2) is 5.32. The van der Waals surface area contributed by atoms with Crippen molar-refractivity contribution in [2.75, 3.05) is 5.32 Å². The lowest BCUT2D eigenvalue weighted by atomic mass is 10.2. The molecule has 0 aliphatic rings. The van der Waals surface area contributed by atoms with E-state index >= 15 is 0 Å². The van der Waals surface area contributed by atoms with E-state index in [-0.39, 0.29) is 11.4 Å². The number of halogens is 3. The Labute approximate surface area is 134 Å². The standard InChI is InChI=1S/C14H13F3N6O/c1-7-4-12-18-6-9(8(2)23(12)20-7)13(24)19-11-5-10(14(15,16)17)22(3)21-11/h4-6H,1-3H3,(H,19,21,24). The molecule has 3 aromatic rings. The van der Waals surface area contributed by atoms with Crippen molar-refractivity contribution in [3.8, 4) is 0 Å². The molecule has 3 aromatic heterocycles. The summed E-state index contributed by atoms with van der Waals surface area (Å²) in [6, 6.07) is 2.53. The fourth-order valence-corrected chi connectivity index (χ4v) is 2.36. The number of carbonyl (C=O) groups excluding carboxylic acids is 1. The third-order valence-corrected chi connectivity index (χ3v) is 3.50. The van der Waals surface area contributed by atoms with Gasteiger partial charge in [-0.25, -0.2) is 9.50 Å². The number of fused-ring (bicyclic) bond motifs is 1. The average Bonchev–Trinajstić information content (AvgIpc) is 3.01. The predicted octanol–water partition coefficient (Wildman–Crippen LogP) is 2.35. The van der Waals surface area contributed by atoms with Gasteiger partial charge in [0.05, 0.1) is 17.0 Å². The Morgan fingerprint density at radius 3 is 2.54 bits per heavy atom. The van der Waals surface area contributed by atoms with Crippen molar-refractivity contribution in [3.63, 3.8) is 0 Å². The highest BCUT2D eigenvalue weighted by molar-refractivity contribution is 6.04. The third-order valence-electron chi connectivity index (χ3n) is 3.50. The molecule has 126 valence electrons. The maximum atomic E-state index is 12.8. The van der Waals surface area contributed by atoms with Crippen LogP contribution in [0, 0.1) is 13.8 Å². The van der Waals surface area contributed by atoms with Gasteiger partial charge >= 0.3 is 6.18 Å². The molecule has 0 aromatic carbocycles. The number of nitrogens with one attached hydrogen (secondary N) is 1. The van der Waals surface area contributed by atoms with E-state index in [1.165, 1.54) is 10.7 Å². The van der Waals surface area contributed by atoms with Crippen molar-refractivity contribution < 1.29 is 18.0 Å². The Morgan fingerprint density at radius 2 is 1.92 bits per heavy atom. The minimum absolute atomic E-state index is 0.189. The first-order chi connectivity index (χ1) is 11.2. The number of anilines is 1. The quantitative estimate of drug-likeness (QED) is 0.778. The van der Waals surface area contributed by atoms with E-state index < -0.39 is 17.8 Å². The summed E-state index contributed by atoms with van der Waals surface area (Å²) in [5.74, 6) is -0.798. The van der Waals surface area contributed by atoms with Crippen LogP contribution in [0.3, 0.4) is 0 Å². The first kappa shape index (κ1) is 16.0. The van der Waals surface area contributed by atoms with Gasteiger partial charge in [0.25, 0.3) is 5.91 Å². The normalized spacial score (nSPS) is 11.9. The van der Waals surface area contributed by atoms with Crippen molar-refractivity contribution in [2.45, 2.75) is 20.0 Å². The molecule has 1 N–H and O–H groups in total. The topological polar surface area (TPSA) is 77.1 Å². The van der Waals surface area contributed by atoms with Crippen molar-refractivity contribution >= 4 is 17.4 Å². The highest BCUT2D eigenvalue weighted by atomic mass is 19.4. The van der Waals surface area contributed by atoms with Crippen LogP contribution in [-0.2, 0) is 13.2 Å². The van der Waals surface area contributed by atoms with Crippen molar-refractivity contribution in [3.05, 3.63) is 41.0 Å². The van der Waals surface area contributed by atoms with Crippen molar-refractivity contribution in [2.24, 2.45) is 7.05 Å². The summed E-state index contributed by atoms with van der Waals surface area (Å²) in [5, 5.41) is 10.2. The molecular weight excluding hydrogens is 325 g/mol. The molecule has 0 radical (unpaired) electrons. The van der Waals surface area contributed by atoms with Gasteiger partial charge in [0.2, 0.25) is 0 Å². The first-order valence-corrected chi connectivity index (χ1v) is 6.91. The van der Waals surface area contributed by atoms with Crippen LogP contribution in [0.2, 0.25) is 0 Å². The van der Waals surface area contributed by atoms with Gasteiger partial charge in [0.15, 0.2) is 11.5 Å². The Hall–Kier alpha value is -2.91. The van der Waals surface area contributed by atoms with Crippen molar-refractivity contribution in [1.82, 2.24) is 24.4 Å². The zero-order chi connectivity index (χ0) is 17.6. The summed E-state index contributed by atoms with van der Waals surface area (Å²) in [5.41, 5.74) is 1.09. The summed E-state index contributed by atoms with van der Waals surface area (Å²) in [6.07, 6.45) is -3.19. The molecule has 3 rings (SSSR count). The maximum absolute atomic E-state index is 12.8. The number of rotatable bonds is 2. The van der Waals surface area contributed by atoms with Crippen LogP contribution < -0.4 is 5.32 Å². The van der Waals surface area contributed by atoms with Crippen LogP contribution in [0.25, 0.3) is 5.65 Å². The molecule has 0 atom stereocenters. The van der Waals surface area contributed by atoms with Gasteiger partial charge in [-0.2, -0.15) is 23.4 Å². The van der Waals surface area contributed by atoms with Gasteiger partial charge in [-0.3, -0.25) is 9.48 Å². The van der Waals surface area contributed by atoms with Crippen LogP contribution in [-0.4, -0.2) is 30.3 Å². The number of hydrogen-bond donors (Lipinski definition) is 1. The molecule has 0 saturated carbocycles. The number of amides is 1. The monoisotopic (exact) mass is 338 g/mol. The molecule has 0 aliphatic heterocycles. The number of aromatic nitrogens is 5. The zero-order valence-corrected chi connectivity index (χ0v) is 13.0. The van der Waals surface area contributed by atoms with E-state index in [1.54, 1.807) is 19.9 Å². The van der Waals surface area contributed by atoms with E-state index in [2.05, 4.69) is 20.5 Å². The van der Waals surface area contributed by atoms with Crippen LogP contribution >= 0.6 is 0 Å². The van der Waals surface area contributed by atoms with Gasteiger partial charge in [0, 0.05) is 25.4 Å². The molecule has 0 spiro atoms. The molecule has 1 amide bonds. The molecule has 0 aliphatic carbocycles. The highest BCUT2D eigenvalue weighted by Gasteiger charge is 2.35. The van der Waals surface area contributed by atoms with E-state index in [0.29, 0.717) is 16.0 Å². The van der Waals surface area contributed by atoms with Gasteiger partial charge in [0.1, 0.15) is 5.69 Å². The Kier molecular flexibility index (Phi) is 3.54. The molecule has 0 unspecified atom stereocenters. The summed E-state index contributed by atoms with van der Waals surface area (Å²) < 4.78 is 40.5. The SMILES string of the molecule is Cc1cc2ncc(C(=O)Nc3cc(C(F)(F)F)n(C)n3)c(C)n2n1. The molecule has 0 bridgehead atoms. The molecule has 24 heavy (non-hydrogen) atoms. The minimum Gasteiger partial charge on any atom is -0.305 e. The molecule has 0 saturated heterocycles. The Morgan fingerprint density at radius 1 is 1.21 bits per heavy atom. The number of alkyl halides is 3. The zero-order valence-electron chi connectivity index (χ0n) is 13.0. The lowest BCUT2D eigenvalue weighted by Crippen LogP contribution is -2.16. The maximum Gasteiger partial charge on any atom is 0.433 e. The van der Waals surface area contributed by atoms with E-state index in [9.17, 15) is 18.0 Å². The minimum atomic E-state index is -4.55. The van der Waals surface area contributed by atoms with E-state index in [4.69, 9.17) is 0 Å². The summed E-state index contributed by atoms with van der Waals surface area (Å²) in [7, 11) is 1.16. The molecule has 0 fully saturated rings. The lowest BCUT2D eigenvalue weighted by molar-refractivity contribution is -0.143. The largest absolute Gasteiger partial charge is 0.433 e. The van der Waals surface area contributed by atoms with Gasteiger partial charge in [-0.15, -0.1) is 0 Å². The van der Waals surface area contributed by atoms with Crippen LogP contribution in [0.4, 0.5) is 19.0 Å². The Bertz CT molecular complexity index is 940. The summed E-state index contributed by atoms with van der Waals surface area (Å²) >= 11 is 0. The molecular formula is C14H13F3N6O. The Balaban J connectivity index is 1.92. The second-order valence-corrected chi connectivity index (χ2v) is 5.30. The van der Waals surface area contributed by atoms with Crippen LogP contribution in [0.5, 0.6) is 0 Å². The summed E-state index contributed by atoms with van der Waals surface area (Å²) in [6.45, 7) is 3.47. The fourth-order valence-electron chi connectivity index (χ4n) is 2.36. The van der Waals surface area contributed by atoms with Crippen LogP contribution in [0.1, 0.15) is 27.4 Å². The average molecular weight is 338 g/mol. The van der Waals surface area contributed by atoms with Gasteiger partial charge in [-0.05, 0) is 13.8 Å². The molecule has 7 nitrogen and oxygen atoms in total. The number of carbonyl (C=O) groups is 1. The summed E-state index contributed by atoms with van der Waals surface area (Å²) in [4.78, 5) is 16.5. The van der Waals surface area contributed by atoms with E-state index in [1.807, 2.05) is 0 Å². The van der Waals surface area contributed by atoms with E-state index in [0.717, 1.165) is 18.8 Å². The molecule has 3 heterocycles. The third kappa shape index (κ3) is 2.70. The second-order valence-electron chi connectivity index (χ2n) is 5.30. The number of aryl methyl sites for hydroxylation is 3. The lowest BCUT2D eigenvalue weighted by Gasteiger charge is -2.06. The number of nitrogens with zero attached hydrogens (tertiary/aromatic N) is 5. The fraction of sp³-hybridized carbons (Fsp3) is 0.286. The van der Waals surface area contributed by atoms with Crippen molar-refractivity contribution in [1.29, 1.82) is 0 Å². The first-order valence-electron chi connectivity index (χ1n) is 6.91. The van der Waals surface area contributed by atoms with Crippen LogP contribution in [0.15, 0.2) is 18.3 Å². The smallest absolute Gasteiger partial charge is 0.305 e. The predicted molar refractivity (Wildman–Crippen MR) is 78.6 cm³/mol. The van der Waals surface area contributed by atoms with Gasteiger partial charge in [-0.1, -0.05) is 0 Å². The number of hydrogen-bond acceptors (Lipinski definition) is 4. The molecule has 10 heteroatoms. The van der Waals surface area contributed by atoms with Gasteiger partial charge < -0.3 is 5.32 Å².